The molecule has 1 heterocycles. The molecule has 0 atom stereocenters. The fourth-order valence-corrected chi connectivity index (χ4v) is 2.82. The zero-order valence-electron chi connectivity index (χ0n) is 9.54. The van der Waals surface area contributed by atoms with Gasteiger partial charge in [-0.1, -0.05) is 6.07 Å². The zero-order valence-corrected chi connectivity index (χ0v) is 10.4. The van der Waals surface area contributed by atoms with Gasteiger partial charge in [0.25, 0.3) is 0 Å². The van der Waals surface area contributed by atoms with Gasteiger partial charge in [0.15, 0.2) is 0 Å². The number of hydrogen-bond acceptors (Lipinski definition) is 3. The van der Waals surface area contributed by atoms with Crippen LogP contribution >= 0.6 is 11.8 Å². The molecule has 0 amide bonds. The van der Waals surface area contributed by atoms with E-state index in [0.29, 0.717) is 6.04 Å². The van der Waals surface area contributed by atoms with Gasteiger partial charge in [-0.25, -0.2) is 4.98 Å². The lowest BCUT2D eigenvalue weighted by Gasteiger charge is -2.06. The average Bonchev–Trinajstić information content (AvgIpc) is 3.06. The maximum atomic E-state index is 5.76. The number of hydrogen-bond donors (Lipinski definition) is 1. The third kappa shape index (κ3) is 2.47. The molecule has 88 valence electrons. The Morgan fingerprint density at radius 3 is 3.06 bits per heavy atom. The SMILES string of the molecule is Nc1cccc(SCc2cncn2C2CC2)c1. The fraction of sp³-hybridized carbons (Fsp3) is 0.308. The summed E-state index contributed by atoms with van der Waals surface area (Å²) in [5.74, 6) is 0.958. The van der Waals surface area contributed by atoms with Gasteiger partial charge >= 0.3 is 0 Å². The van der Waals surface area contributed by atoms with E-state index in [4.69, 9.17) is 5.73 Å². The summed E-state index contributed by atoms with van der Waals surface area (Å²) in [7, 11) is 0. The average molecular weight is 245 g/mol. The first-order chi connectivity index (χ1) is 8.33. The van der Waals surface area contributed by atoms with Crippen molar-refractivity contribution in [2.75, 3.05) is 5.73 Å². The van der Waals surface area contributed by atoms with Crippen molar-refractivity contribution in [1.82, 2.24) is 9.55 Å². The van der Waals surface area contributed by atoms with Crippen molar-refractivity contribution >= 4 is 17.4 Å². The summed E-state index contributed by atoms with van der Waals surface area (Å²) < 4.78 is 2.30. The van der Waals surface area contributed by atoms with E-state index >= 15 is 0 Å². The third-order valence-corrected chi connectivity index (χ3v) is 3.96. The van der Waals surface area contributed by atoms with Crippen LogP contribution in [-0.2, 0) is 5.75 Å². The molecule has 1 aliphatic carbocycles. The molecule has 2 N–H and O–H groups in total. The van der Waals surface area contributed by atoms with Gasteiger partial charge in [-0.15, -0.1) is 11.8 Å². The van der Waals surface area contributed by atoms with Crippen molar-refractivity contribution in [2.45, 2.75) is 29.5 Å². The molecule has 1 aromatic carbocycles. The number of anilines is 1. The van der Waals surface area contributed by atoms with Gasteiger partial charge in [-0.2, -0.15) is 0 Å². The summed E-state index contributed by atoms with van der Waals surface area (Å²) in [5.41, 5.74) is 7.90. The Morgan fingerprint density at radius 1 is 1.41 bits per heavy atom. The predicted molar refractivity (Wildman–Crippen MR) is 70.9 cm³/mol. The highest BCUT2D eigenvalue weighted by Gasteiger charge is 2.24. The van der Waals surface area contributed by atoms with Crippen LogP contribution < -0.4 is 5.73 Å². The van der Waals surface area contributed by atoms with Crippen molar-refractivity contribution in [1.29, 1.82) is 0 Å². The van der Waals surface area contributed by atoms with Crippen molar-refractivity contribution in [2.24, 2.45) is 0 Å². The summed E-state index contributed by atoms with van der Waals surface area (Å²) in [5, 5.41) is 0. The Bertz CT molecular complexity index is 517. The summed E-state index contributed by atoms with van der Waals surface area (Å²) in [6.07, 6.45) is 6.52. The Hall–Kier alpha value is -1.42. The van der Waals surface area contributed by atoms with E-state index in [2.05, 4.69) is 15.6 Å². The number of nitrogen functional groups attached to an aromatic ring is 1. The zero-order chi connectivity index (χ0) is 11.7. The molecule has 3 nitrogen and oxygen atoms in total. The van der Waals surface area contributed by atoms with E-state index in [0.717, 1.165) is 11.4 Å². The van der Waals surface area contributed by atoms with Gasteiger partial charge < -0.3 is 10.3 Å². The van der Waals surface area contributed by atoms with Crippen molar-refractivity contribution in [3.05, 3.63) is 42.5 Å². The Labute approximate surface area is 105 Å². The lowest BCUT2D eigenvalue weighted by molar-refractivity contribution is 0.714. The first-order valence-corrected chi connectivity index (χ1v) is 6.80. The van der Waals surface area contributed by atoms with Crippen LogP contribution in [0.15, 0.2) is 41.7 Å². The lowest BCUT2D eigenvalue weighted by Crippen LogP contribution is -1.97. The highest BCUT2D eigenvalue weighted by Crippen LogP contribution is 2.36. The first kappa shape index (κ1) is 10.7. The van der Waals surface area contributed by atoms with E-state index in [9.17, 15) is 0 Å². The molecule has 0 spiro atoms. The molecular weight excluding hydrogens is 230 g/mol. The second-order valence-electron chi connectivity index (χ2n) is 4.38. The van der Waals surface area contributed by atoms with Crippen LogP contribution in [0.2, 0.25) is 0 Å². The number of nitrogens with zero attached hydrogens (tertiary/aromatic N) is 2. The molecule has 1 fully saturated rings. The van der Waals surface area contributed by atoms with Gasteiger partial charge in [0.2, 0.25) is 0 Å². The second-order valence-corrected chi connectivity index (χ2v) is 5.43. The molecule has 1 aliphatic rings. The van der Waals surface area contributed by atoms with Crippen molar-refractivity contribution in [3.8, 4) is 0 Å². The second kappa shape index (κ2) is 4.45. The maximum absolute atomic E-state index is 5.76. The van der Waals surface area contributed by atoms with Crippen LogP contribution in [0.3, 0.4) is 0 Å². The number of rotatable bonds is 4. The molecule has 0 bridgehead atoms. The van der Waals surface area contributed by atoms with Gasteiger partial charge in [-0.3, -0.25) is 0 Å². The van der Waals surface area contributed by atoms with Crippen molar-refractivity contribution in [3.63, 3.8) is 0 Å². The molecule has 4 heteroatoms. The molecule has 0 unspecified atom stereocenters. The molecule has 1 saturated carbocycles. The summed E-state index contributed by atoms with van der Waals surface area (Å²) in [6.45, 7) is 0. The van der Waals surface area contributed by atoms with Crippen LogP contribution in [0.25, 0.3) is 0 Å². The van der Waals surface area contributed by atoms with Crippen molar-refractivity contribution < 1.29 is 0 Å². The number of benzene rings is 1. The first-order valence-electron chi connectivity index (χ1n) is 5.82. The molecule has 1 aromatic heterocycles. The molecule has 2 aromatic rings. The fourth-order valence-electron chi connectivity index (χ4n) is 1.89. The number of thioether (sulfide) groups is 1. The lowest BCUT2D eigenvalue weighted by atomic mass is 10.3. The third-order valence-electron chi connectivity index (χ3n) is 2.93. The molecule has 3 rings (SSSR count). The summed E-state index contributed by atoms with van der Waals surface area (Å²) >= 11 is 1.81. The monoisotopic (exact) mass is 245 g/mol. The number of aromatic nitrogens is 2. The van der Waals surface area contributed by atoms with Gasteiger partial charge in [-0.05, 0) is 31.0 Å². The van der Waals surface area contributed by atoms with E-state index in [1.165, 1.54) is 23.4 Å². The summed E-state index contributed by atoms with van der Waals surface area (Å²) in [4.78, 5) is 5.45. The Kier molecular flexibility index (Phi) is 2.81. The van der Waals surface area contributed by atoms with Gasteiger partial charge in [0.05, 0.1) is 6.33 Å². The topological polar surface area (TPSA) is 43.8 Å². The van der Waals surface area contributed by atoms with Gasteiger partial charge in [0.1, 0.15) is 0 Å². The van der Waals surface area contributed by atoms with Crippen LogP contribution in [0.1, 0.15) is 24.6 Å². The molecule has 0 saturated heterocycles. The quantitative estimate of drug-likeness (QED) is 0.665. The van der Waals surface area contributed by atoms with E-state index in [-0.39, 0.29) is 0 Å². The largest absolute Gasteiger partial charge is 0.399 e. The highest BCUT2D eigenvalue weighted by atomic mass is 32.2. The minimum Gasteiger partial charge on any atom is -0.399 e. The number of imidazole rings is 1. The Balaban J connectivity index is 1.69. The molecule has 0 aliphatic heterocycles. The minimum atomic E-state index is 0.703. The molecule has 17 heavy (non-hydrogen) atoms. The van der Waals surface area contributed by atoms with Crippen LogP contribution in [0, 0.1) is 0 Å². The van der Waals surface area contributed by atoms with E-state index < -0.39 is 0 Å². The van der Waals surface area contributed by atoms with Crippen LogP contribution in [0.5, 0.6) is 0 Å². The Morgan fingerprint density at radius 2 is 2.29 bits per heavy atom. The van der Waals surface area contributed by atoms with Crippen LogP contribution in [0.4, 0.5) is 5.69 Å². The van der Waals surface area contributed by atoms with Crippen LogP contribution in [-0.4, -0.2) is 9.55 Å². The smallest absolute Gasteiger partial charge is 0.0951 e. The predicted octanol–water partition coefficient (Wildman–Crippen LogP) is 3.09. The minimum absolute atomic E-state index is 0.703. The molecule has 0 radical (unpaired) electrons. The van der Waals surface area contributed by atoms with E-state index in [1.54, 1.807) is 0 Å². The van der Waals surface area contributed by atoms with E-state index in [1.807, 2.05) is 42.5 Å². The molecular formula is C13H15N3S. The normalized spacial score (nSPS) is 15.1. The maximum Gasteiger partial charge on any atom is 0.0951 e. The van der Waals surface area contributed by atoms with Gasteiger partial charge in [0, 0.05) is 34.3 Å². The summed E-state index contributed by atoms with van der Waals surface area (Å²) in [6, 6.07) is 8.73. The highest BCUT2D eigenvalue weighted by molar-refractivity contribution is 7.98. The standard InChI is InChI=1S/C13H15N3S/c14-10-2-1-3-13(6-10)17-8-12-7-15-9-16(12)11-4-5-11/h1-3,6-7,9,11H,4-5,8,14H2. The number of nitrogens with two attached hydrogens (primary N) is 1.